The fourth-order valence-corrected chi connectivity index (χ4v) is 3.46. The SMILES string of the molecule is c1ccc(Cn2nnnc2SCc2nc(-c3cccs3)no2)cc1. The highest BCUT2D eigenvalue weighted by molar-refractivity contribution is 7.98. The average molecular weight is 356 g/mol. The van der Waals surface area contributed by atoms with Crippen LogP contribution in [0.3, 0.4) is 0 Å². The molecular formula is C15H12N6OS2. The first-order chi connectivity index (χ1) is 11.9. The van der Waals surface area contributed by atoms with Crippen LogP contribution in [0.25, 0.3) is 10.7 Å². The summed E-state index contributed by atoms with van der Waals surface area (Å²) in [4.78, 5) is 5.39. The average Bonchev–Trinajstić information content (AvgIpc) is 3.36. The Morgan fingerprint density at radius 3 is 2.88 bits per heavy atom. The molecule has 0 N–H and O–H groups in total. The molecule has 1 aromatic carbocycles. The van der Waals surface area contributed by atoms with Gasteiger partial charge in [0.25, 0.3) is 0 Å². The van der Waals surface area contributed by atoms with Crippen molar-refractivity contribution in [3.63, 3.8) is 0 Å². The maximum Gasteiger partial charge on any atom is 0.237 e. The fraction of sp³-hybridized carbons (Fsp3) is 0.133. The van der Waals surface area contributed by atoms with Crippen LogP contribution < -0.4 is 0 Å². The van der Waals surface area contributed by atoms with Gasteiger partial charge in [-0.2, -0.15) is 4.98 Å². The third-order valence-electron chi connectivity index (χ3n) is 3.21. The Balaban J connectivity index is 1.43. The molecule has 3 heterocycles. The molecule has 4 aromatic rings. The molecule has 7 nitrogen and oxygen atoms in total. The molecule has 0 aliphatic carbocycles. The Labute approximate surface area is 145 Å². The predicted octanol–water partition coefficient (Wildman–Crippen LogP) is 3.13. The summed E-state index contributed by atoms with van der Waals surface area (Å²) in [6.45, 7) is 0.625. The van der Waals surface area contributed by atoms with E-state index < -0.39 is 0 Å². The number of benzene rings is 1. The van der Waals surface area contributed by atoms with Crippen molar-refractivity contribution in [2.45, 2.75) is 17.5 Å². The lowest BCUT2D eigenvalue weighted by atomic mass is 10.2. The van der Waals surface area contributed by atoms with E-state index in [9.17, 15) is 0 Å². The van der Waals surface area contributed by atoms with Crippen LogP contribution in [0.2, 0.25) is 0 Å². The van der Waals surface area contributed by atoms with E-state index >= 15 is 0 Å². The summed E-state index contributed by atoms with van der Waals surface area (Å²) in [5, 5.41) is 18.6. The molecule has 0 saturated heterocycles. The van der Waals surface area contributed by atoms with Crippen molar-refractivity contribution in [3.05, 3.63) is 59.3 Å². The first-order valence-corrected chi connectivity index (χ1v) is 9.04. The van der Waals surface area contributed by atoms with Gasteiger partial charge in [0.05, 0.1) is 17.2 Å². The molecule has 0 fully saturated rings. The van der Waals surface area contributed by atoms with Gasteiger partial charge in [-0.05, 0) is 27.4 Å². The van der Waals surface area contributed by atoms with E-state index in [-0.39, 0.29) is 0 Å². The van der Waals surface area contributed by atoms with Crippen molar-refractivity contribution in [1.82, 2.24) is 30.3 Å². The van der Waals surface area contributed by atoms with Crippen molar-refractivity contribution in [1.29, 1.82) is 0 Å². The van der Waals surface area contributed by atoms with Crippen molar-refractivity contribution >= 4 is 23.1 Å². The van der Waals surface area contributed by atoms with E-state index in [0.717, 1.165) is 15.6 Å². The van der Waals surface area contributed by atoms with Crippen LogP contribution in [0.15, 0.2) is 57.5 Å². The van der Waals surface area contributed by atoms with Gasteiger partial charge in [-0.1, -0.05) is 53.3 Å². The van der Waals surface area contributed by atoms with Crippen LogP contribution in [-0.4, -0.2) is 30.3 Å². The topological polar surface area (TPSA) is 82.5 Å². The Bertz CT molecular complexity index is 903. The maximum absolute atomic E-state index is 5.29. The lowest BCUT2D eigenvalue weighted by Gasteiger charge is -2.03. The van der Waals surface area contributed by atoms with Crippen LogP contribution in [0.5, 0.6) is 0 Å². The predicted molar refractivity (Wildman–Crippen MR) is 90.5 cm³/mol. The zero-order chi connectivity index (χ0) is 16.2. The Kier molecular flexibility index (Phi) is 4.34. The van der Waals surface area contributed by atoms with Crippen LogP contribution in [0.1, 0.15) is 11.5 Å². The third kappa shape index (κ3) is 3.36. The van der Waals surface area contributed by atoms with Gasteiger partial charge in [-0.25, -0.2) is 4.68 Å². The zero-order valence-corrected chi connectivity index (χ0v) is 14.1. The minimum Gasteiger partial charge on any atom is -0.338 e. The smallest absolute Gasteiger partial charge is 0.237 e. The first-order valence-electron chi connectivity index (χ1n) is 7.18. The summed E-state index contributed by atoms with van der Waals surface area (Å²) >= 11 is 3.05. The monoisotopic (exact) mass is 356 g/mol. The van der Waals surface area contributed by atoms with Crippen molar-refractivity contribution in [2.24, 2.45) is 0 Å². The molecule has 0 spiro atoms. The summed E-state index contributed by atoms with van der Waals surface area (Å²) in [6, 6.07) is 14.0. The van der Waals surface area contributed by atoms with Gasteiger partial charge < -0.3 is 4.52 Å². The van der Waals surface area contributed by atoms with Crippen LogP contribution in [0.4, 0.5) is 0 Å². The molecule has 0 unspecified atom stereocenters. The van der Waals surface area contributed by atoms with Gasteiger partial charge in [-0.15, -0.1) is 16.4 Å². The number of hydrogen-bond acceptors (Lipinski definition) is 8. The van der Waals surface area contributed by atoms with Crippen molar-refractivity contribution < 1.29 is 4.52 Å². The summed E-state index contributed by atoms with van der Waals surface area (Å²) < 4.78 is 7.05. The van der Waals surface area contributed by atoms with Gasteiger partial charge in [0.15, 0.2) is 0 Å². The molecule has 9 heteroatoms. The van der Waals surface area contributed by atoms with E-state index in [0.29, 0.717) is 24.0 Å². The molecule has 0 amide bonds. The highest BCUT2D eigenvalue weighted by atomic mass is 32.2. The Morgan fingerprint density at radius 1 is 1.12 bits per heavy atom. The number of aromatic nitrogens is 6. The number of hydrogen-bond donors (Lipinski definition) is 0. The lowest BCUT2D eigenvalue weighted by molar-refractivity contribution is 0.391. The Hall–Kier alpha value is -2.52. The van der Waals surface area contributed by atoms with E-state index in [1.807, 2.05) is 47.8 Å². The molecule has 0 aliphatic heterocycles. The van der Waals surface area contributed by atoms with Crippen molar-refractivity contribution in [2.75, 3.05) is 0 Å². The standard InChI is InChI=1S/C15H12N6OS2/c1-2-5-11(6-3-1)9-21-15(17-19-20-21)24-10-13-16-14(18-22-13)12-7-4-8-23-12/h1-8H,9-10H2. The highest BCUT2D eigenvalue weighted by Gasteiger charge is 2.13. The second-order valence-electron chi connectivity index (χ2n) is 4.88. The van der Waals surface area contributed by atoms with E-state index in [2.05, 4.69) is 25.7 Å². The van der Waals surface area contributed by atoms with Gasteiger partial charge in [-0.3, -0.25) is 0 Å². The number of thiophene rings is 1. The van der Waals surface area contributed by atoms with E-state index in [1.165, 1.54) is 11.8 Å². The van der Waals surface area contributed by atoms with Gasteiger partial charge >= 0.3 is 0 Å². The second kappa shape index (κ2) is 6.93. The molecule has 0 bridgehead atoms. The normalized spacial score (nSPS) is 11.0. The molecule has 3 aromatic heterocycles. The van der Waals surface area contributed by atoms with E-state index in [1.54, 1.807) is 16.0 Å². The second-order valence-corrected chi connectivity index (χ2v) is 6.77. The number of nitrogens with zero attached hydrogens (tertiary/aromatic N) is 6. The summed E-state index contributed by atoms with van der Waals surface area (Å²) in [7, 11) is 0. The minimum atomic E-state index is 0.521. The fourth-order valence-electron chi connectivity index (χ4n) is 2.10. The van der Waals surface area contributed by atoms with Crippen LogP contribution in [-0.2, 0) is 12.3 Å². The molecule has 120 valence electrons. The summed E-state index contributed by atoms with van der Waals surface area (Å²) in [5.41, 5.74) is 1.14. The maximum atomic E-state index is 5.29. The highest BCUT2D eigenvalue weighted by Crippen LogP contribution is 2.24. The summed E-state index contributed by atoms with van der Waals surface area (Å²) in [5.74, 6) is 1.69. The number of thioether (sulfide) groups is 1. The zero-order valence-electron chi connectivity index (χ0n) is 12.4. The Morgan fingerprint density at radius 2 is 2.04 bits per heavy atom. The first kappa shape index (κ1) is 15.0. The number of tetrazole rings is 1. The van der Waals surface area contributed by atoms with Crippen molar-refractivity contribution in [3.8, 4) is 10.7 Å². The van der Waals surface area contributed by atoms with Crippen LogP contribution in [0, 0.1) is 0 Å². The van der Waals surface area contributed by atoms with Gasteiger partial charge in [0.2, 0.25) is 16.9 Å². The third-order valence-corrected chi connectivity index (χ3v) is 5.02. The molecule has 0 radical (unpaired) electrons. The lowest BCUT2D eigenvalue weighted by Crippen LogP contribution is -2.03. The molecular weight excluding hydrogens is 344 g/mol. The number of rotatable bonds is 6. The molecule has 0 aliphatic rings. The van der Waals surface area contributed by atoms with Crippen LogP contribution >= 0.6 is 23.1 Å². The van der Waals surface area contributed by atoms with Gasteiger partial charge in [0.1, 0.15) is 0 Å². The largest absolute Gasteiger partial charge is 0.338 e. The summed E-state index contributed by atoms with van der Waals surface area (Å²) in [6.07, 6.45) is 0. The molecule has 24 heavy (non-hydrogen) atoms. The van der Waals surface area contributed by atoms with Gasteiger partial charge in [0, 0.05) is 0 Å². The molecule has 0 atom stereocenters. The minimum absolute atomic E-state index is 0.521. The molecule has 0 saturated carbocycles. The quantitative estimate of drug-likeness (QED) is 0.491. The van der Waals surface area contributed by atoms with E-state index in [4.69, 9.17) is 4.52 Å². The molecule has 4 rings (SSSR count).